The number of hydrogen-bond acceptors (Lipinski definition) is 6. The van der Waals surface area contributed by atoms with Crippen LogP contribution >= 0.6 is 34.3 Å². The number of carbonyl (C=O) groups is 2. The first kappa shape index (κ1) is 19.2. The van der Waals surface area contributed by atoms with Crippen molar-refractivity contribution >= 4 is 57.0 Å². The van der Waals surface area contributed by atoms with Crippen LogP contribution in [-0.4, -0.2) is 21.8 Å². The van der Waals surface area contributed by atoms with Crippen LogP contribution in [0.1, 0.15) is 17.7 Å². The number of carbonyl (C=O) groups excluding carboxylic acids is 2. The zero-order valence-corrected chi connectivity index (χ0v) is 16.6. The van der Waals surface area contributed by atoms with Gasteiger partial charge in [0.25, 0.3) is 0 Å². The van der Waals surface area contributed by atoms with E-state index < -0.39 is 0 Å². The molecule has 1 unspecified atom stereocenters. The Bertz CT molecular complexity index is 981. The highest BCUT2D eigenvalue weighted by molar-refractivity contribution is 7.19. The molecule has 0 spiro atoms. The van der Waals surface area contributed by atoms with Gasteiger partial charge in [-0.3, -0.25) is 9.59 Å². The molecule has 0 bridgehead atoms. The first-order valence-electron chi connectivity index (χ1n) is 7.86. The molecule has 2 amide bonds. The standard InChI is InChI=1S/C18H15ClN4O2S2/c1-3-16(24)22-15-5-4-11(7-20-15)12-6-13(26-9-12)10(2)17(25)23-18-21-8-14(19)27-18/h3-10H,1H2,2H3,(H,20,22,24)(H,21,23,25). The van der Waals surface area contributed by atoms with E-state index in [1.165, 1.54) is 34.9 Å². The van der Waals surface area contributed by atoms with E-state index in [-0.39, 0.29) is 17.7 Å². The molecule has 0 aliphatic rings. The molecular formula is C18H15ClN4O2S2. The molecule has 0 saturated heterocycles. The maximum absolute atomic E-state index is 12.4. The zero-order chi connectivity index (χ0) is 19.4. The van der Waals surface area contributed by atoms with Gasteiger partial charge in [-0.15, -0.1) is 11.3 Å². The molecule has 3 heterocycles. The van der Waals surface area contributed by atoms with Crippen LogP contribution < -0.4 is 10.6 Å². The third kappa shape index (κ3) is 4.79. The molecule has 1 atom stereocenters. The first-order valence-corrected chi connectivity index (χ1v) is 9.94. The number of pyridine rings is 1. The number of thiazole rings is 1. The van der Waals surface area contributed by atoms with E-state index in [0.29, 0.717) is 15.3 Å². The number of hydrogen-bond donors (Lipinski definition) is 2. The summed E-state index contributed by atoms with van der Waals surface area (Å²) in [6.45, 7) is 5.24. The molecule has 0 aliphatic heterocycles. The molecule has 2 N–H and O–H groups in total. The minimum Gasteiger partial charge on any atom is -0.307 e. The van der Waals surface area contributed by atoms with Gasteiger partial charge in [0.1, 0.15) is 10.2 Å². The van der Waals surface area contributed by atoms with Crippen LogP contribution in [0.4, 0.5) is 10.9 Å². The third-order valence-corrected chi connectivity index (χ3v) is 5.83. The summed E-state index contributed by atoms with van der Waals surface area (Å²) in [5.74, 6) is -0.330. The number of amides is 2. The molecule has 9 heteroatoms. The Morgan fingerprint density at radius 2 is 2.04 bits per heavy atom. The zero-order valence-electron chi connectivity index (χ0n) is 14.2. The van der Waals surface area contributed by atoms with Crippen molar-refractivity contribution in [2.75, 3.05) is 10.6 Å². The number of nitrogens with one attached hydrogen (secondary N) is 2. The van der Waals surface area contributed by atoms with Crippen LogP contribution in [0.5, 0.6) is 0 Å². The first-order chi connectivity index (χ1) is 13.0. The predicted octanol–water partition coefficient (Wildman–Crippen LogP) is 4.79. The van der Waals surface area contributed by atoms with Gasteiger partial charge in [0, 0.05) is 16.6 Å². The van der Waals surface area contributed by atoms with E-state index >= 15 is 0 Å². The van der Waals surface area contributed by atoms with Crippen LogP contribution in [0, 0.1) is 0 Å². The van der Waals surface area contributed by atoms with Crippen molar-refractivity contribution in [3.8, 4) is 11.1 Å². The Hall–Kier alpha value is -2.55. The van der Waals surface area contributed by atoms with Gasteiger partial charge in [0.2, 0.25) is 11.8 Å². The molecule has 0 saturated carbocycles. The molecule has 0 aliphatic carbocycles. The van der Waals surface area contributed by atoms with Crippen LogP contribution in [0.25, 0.3) is 11.1 Å². The summed E-state index contributed by atoms with van der Waals surface area (Å²) in [6, 6.07) is 5.54. The fourth-order valence-electron chi connectivity index (χ4n) is 2.20. The summed E-state index contributed by atoms with van der Waals surface area (Å²) in [4.78, 5) is 32.9. The topological polar surface area (TPSA) is 84.0 Å². The van der Waals surface area contributed by atoms with Gasteiger partial charge in [-0.05, 0) is 42.1 Å². The second-order valence-corrected chi connectivity index (χ2v) is 8.15. The van der Waals surface area contributed by atoms with Crippen LogP contribution in [0.15, 0.2) is 48.6 Å². The number of halogens is 1. The minimum atomic E-state index is -0.328. The number of nitrogens with zero attached hydrogens (tertiary/aromatic N) is 2. The van der Waals surface area contributed by atoms with Crippen molar-refractivity contribution in [1.82, 2.24) is 9.97 Å². The van der Waals surface area contributed by atoms with Crippen molar-refractivity contribution in [2.45, 2.75) is 12.8 Å². The Balaban J connectivity index is 1.69. The average Bonchev–Trinajstić information content (AvgIpc) is 3.31. The van der Waals surface area contributed by atoms with Gasteiger partial charge >= 0.3 is 0 Å². The largest absolute Gasteiger partial charge is 0.307 e. The van der Waals surface area contributed by atoms with Gasteiger partial charge in [-0.25, -0.2) is 9.97 Å². The van der Waals surface area contributed by atoms with Crippen molar-refractivity contribution in [1.29, 1.82) is 0 Å². The van der Waals surface area contributed by atoms with E-state index in [2.05, 4.69) is 27.2 Å². The normalized spacial score (nSPS) is 11.6. The molecule has 0 fully saturated rings. The second kappa shape index (κ2) is 8.43. The lowest BCUT2D eigenvalue weighted by molar-refractivity contribution is -0.117. The molecule has 3 aromatic rings. The molecule has 0 aromatic carbocycles. The van der Waals surface area contributed by atoms with E-state index in [1.54, 1.807) is 12.3 Å². The van der Waals surface area contributed by atoms with Crippen LogP contribution in [0.2, 0.25) is 4.34 Å². The summed E-state index contributed by atoms with van der Waals surface area (Å²) in [5, 5.41) is 7.82. The lowest BCUT2D eigenvalue weighted by Crippen LogP contribution is -2.17. The molecule has 138 valence electrons. The fourth-order valence-corrected chi connectivity index (χ4v) is 3.99. The van der Waals surface area contributed by atoms with E-state index in [1.807, 2.05) is 24.4 Å². The molecule has 6 nitrogen and oxygen atoms in total. The van der Waals surface area contributed by atoms with Gasteiger partial charge in [0.05, 0.1) is 12.1 Å². The van der Waals surface area contributed by atoms with Crippen molar-refractivity contribution in [3.63, 3.8) is 0 Å². The highest BCUT2D eigenvalue weighted by atomic mass is 35.5. The fraction of sp³-hybridized carbons (Fsp3) is 0.111. The van der Waals surface area contributed by atoms with E-state index in [4.69, 9.17) is 11.6 Å². The summed E-state index contributed by atoms with van der Waals surface area (Å²) in [5.41, 5.74) is 1.86. The summed E-state index contributed by atoms with van der Waals surface area (Å²) >= 11 is 8.55. The van der Waals surface area contributed by atoms with Gasteiger partial charge in [-0.2, -0.15) is 0 Å². The maximum Gasteiger partial charge on any atom is 0.248 e. The lowest BCUT2D eigenvalue weighted by Gasteiger charge is -2.08. The molecule has 3 rings (SSSR count). The molecule has 27 heavy (non-hydrogen) atoms. The van der Waals surface area contributed by atoms with Crippen molar-refractivity contribution in [2.24, 2.45) is 0 Å². The van der Waals surface area contributed by atoms with Crippen LogP contribution in [-0.2, 0) is 9.59 Å². The highest BCUT2D eigenvalue weighted by Crippen LogP contribution is 2.31. The second-order valence-electron chi connectivity index (χ2n) is 5.54. The Labute approximate surface area is 168 Å². The minimum absolute atomic E-state index is 0.143. The Kier molecular flexibility index (Phi) is 6.00. The van der Waals surface area contributed by atoms with Crippen molar-refractivity contribution in [3.05, 3.63) is 57.8 Å². The number of thiophene rings is 1. The number of anilines is 2. The lowest BCUT2D eigenvalue weighted by atomic mass is 10.1. The Morgan fingerprint density at radius 3 is 2.67 bits per heavy atom. The van der Waals surface area contributed by atoms with Crippen LogP contribution in [0.3, 0.4) is 0 Å². The third-order valence-electron chi connectivity index (χ3n) is 3.68. The molecular weight excluding hydrogens is 404 g/mol. The number of aromatic nitrogens is 2. The number of rotatable bonds is 6. The monoisotopic (exact) mass is 418 g/mol. The van der Waals surface area contributed by atoms with Crippen molar-refractivity contribution < 1.29 is 9.59 Å². The summed E-state index contributed by atoms with van der Waals surface area (Å²) < 4.78 is 0.525. The average molecular weight is 419 g/mol. The van der Waals surface area contributed by atoms with E-state index in [9.17, 15) is 9.59 Å². The van der Waals surface area contributed by atoms with Gasteiger partial charge < -0.3 is 10.6 Å². The molecule has 0 radical (unpaired) electrons. The van der Waals surface area contributed by atoms with Gasteiger partial charge in [-0.1, -0.05) is 29.5 Å². The smallest absolute Gasteiger partial charge is 0.248 e. The predicted molar refractivity (Wildman–Crippen MR) is 111 cm³/mol. The summed E-state index contributed by atoms with van der Waals surface area (Å²) in [6.07, 6.45) is 4.36. The van der Waals surface area contributed by atoms with E-state index in [0.717, 1.165) is 16.0 Å². The SMILES string of the molecule is C=CC(=O)Nc1ccc(-c2csc(C(C)C(=O)Nc3ncc(Cl)s3)c2)cn1. The summed E-state index contributed by atoms with van der Waals surface area (Å²) in [7, 11) is 0. The Morgan fingerprint density at radius 1 is 1.22 bits per heavy atom. The van der Waals surface area contributed by atoms with Gasteiger partial charge in [0.15, 0.2) is 5.13 Å². The maximum atomic E-state index is 12.4. The molecule has 3 aromatic heterocycles. The highest BCUT2D eigenvalue weighted by Gasteiger charge is 2.19. The quantitative estimate of drug-likeness (QED) is 0.564.